The molecule has 0 bridgehead atoms. The third kappa shape index (κ3) is 5.89. The topological polar surface area (TPSA) is 117 Å². The van der Waals surface area contributed by atoms with Crippen LogP contribution in [-0.2, 0) is 20.7 Å². The number of carbonyl (C=O) groups is 2. The van der Waals surface area contributed by atoms with Crippen LogP contribution >= 0.6 is 15.9 Å². The molecule has 0 heterocycles. The summed E-state index contributed by atoms with van der Waals surface area (Å²) in [6.45, 7) is 0.613. The van der Waals surface area contributed by atoms with Gasteiger partial charge in [0.2, 0.25) is 0 Å². The molecule has 32 heavy (non-hydrogen) atoms. The number of benzene rings is 3. The monoisotopic (exact) mass is 502 g/mol. The molecule has 0 spiro atoms. The molecule has 3 aromatic carbocycles. The number of aromatic carboxylic acids is 1. The van der Waals surface area contributed by atoms with Crippen molar-refractivity contribution in [3.63, 3.8) is 0 Å². The van der Waals surface area contributed by atoms with Crippen molar-refractivity contribution in [2.24, 2.45) is 0 Å². The van der Waals surface area contributed by atoms with Crippen molar-refractivity contribution in [1.82, 2.24) is 0 Å². The first-order valence-corrected chi connectivity index (χ1v) is 10.6. The zero-order valence-corrected chi connectivity index (χ0v) is 18.9. The minimum Gasteiger partial charge on any atom is -0.505 e. The molecule has 0 radical (unpaired) electrons. The highest BCUT2D eigenvalue weighted by Crippen LogP contribution is 2.37. The minimum absolute atomic E-state index is 0.201. The van der Waals surface area contributed by atoms with E-state index < -0.39 is 5.97 Å². The van der Waals surface area contributed by atoms with Crippen LogP contribution < -0.4 is 10.9 Å². The average Bonchev–Trinajstić information content (AvgIpc) is 2.77. The smallest absolute Gasteiger partial charge is 0.339 e. The molecule has 0 amide bonds. The zero-order chi connectivity index (χ0) is 23.1. The van der Waals surface area contributed by atoms with Crippen molar-refractivity contribution in [1.29, 1.82) is 0 Å². The summed E-state index contributed by atoms with van der Waals surface area (Å²) in [5.41, 5.74) is 7.62. The van der Waals surface area contributed by atoms with Crippen molar-refractivity contribution < 1.29 is 29.3 Å². The molecule has 0 aromatic heterocycles. The molecule has 168 valence electrons. The van der Waals surface area contributed by atoms with Crippen LogP contribution in [0.5, 0.6) is 5.75 Å². The Morgan fingerprint density at radius 2 is 1.78 bits per heavy atom. The first-order chi connectivity index (χ1) is 15.4. The van der Waals surface area contributed by atoms with E-state index in [4.69, 9.17) is 9.47 Å². The summed E-state index contributed by atoms with van der Waals surface area (Å²) in [5, 5.41) is 21.2. The number of hydrogen-bond donors (Lipinski definition) is 4. The number of methoxy groups -OCH3 is 1. The SMILES string of the molecule is COCCOC(=O)CCc1ccc(NNc2c(O)c(C(=O)O)cc3cc(Br)ccc23)cc1. The van der Waals surface area contributed by atoms with Gasteiger partial charge in [-0.3, -0.25) is 10.2 Å². The number of fused-ring (bicyclic) bond motifs is 1. The number of nitrogens with one attached hydrogen (secondary N) is 2. The molecule has 0 unspecified atom stereocenters. The number of carboxylic acid groups (broad SMARTS) is 1. The number of phenols is 1. The molecule has 8 nitrogen and oxygen atoms in total. The van der Waals surface area contributed by atoms with Crippen molar-refractivity contribution in [3.05, 3.63) is 64.1 Å². The van der Waals surface area contributed by atoms with Gasteiger partial charge in [0.1, 0.15) is 17.9 Å². The molecule has 0 fully saturated rings. The Hall–Kier alpha value is -3.30. The minimum atomic E-state index is -1.22. The van der Waals surface area contributed by atoms with E-state index in [1.165, 1.54) is 6.07 Å². The highest BCUT2D eigenvalue weighted by Gasteiger charge is 2.17. The lowest BCUT2D eigenvalue weighted by Crippen LogP contribution is -2.11. The number of hydrazine groups is 1. The van der Waals surface area contributed by atoms with Gasteiger partial charge in [-0.25, -0.2) is 4.79 Å². The van der Waals surface area contributed by atoms with Gasteiger partial charge in [0, 0.05) is 23.4 Å². The highest BCUT2D eigenvalue weighted by molar-refractivity contribution is 9.10. The predicted molar refractivity (Wildman–Crippen MR) is 125 cm³/mol. The Kier molecular flexibility index (Phi) is 7.91. The van der Waals surface area contributed by atoms with E-state index in [0.29, 0.717) is 29.5 Å². The van der Waals surface area contributed by atoms with Crippen molar-refractivity contribution in [2.45, 2.75) is 12.8 Å². The van der Waals surface area contributed by atoms with E-state index in [-0.39, 0.29) is 36.0 Å². The number of carbonyl (C=O) groups excluding carboxylic acids is 1. The van der Waals surface area contributed by atoms with E-state index in [0.717, 1.165) is 10.0 Å². The molecule has 0 saturated heterocycles. The van der Waals surface area contributed by atoms with Crippen LogP contribution in [0.1, 0.15) is 22.3 Å². The summed E-state index contributed by atoms with van der Waals surface area (Å²) in [4.78, 5) is 23.2. The fraction of sp³-hybridized carbons (Fsp3) is 0.217. The largest absolute Gasteiger partial charge is 0.505 e. The fourth-order valence-electron chi connectivity index (χ4n) is 3.10. The summed E-state index contributed by atoms with van der Waals surface area (Å²) in [6, 6.07) is 14.2. The summed E-state index contributed by atoms with van der Waals surface area (Å²) in [6.07, 6.45) is 0.812. The first-order valence-electron chi connectivity index (χ1n) is 9.83. The van der Waals surface area contributed by atoms with Crippen molar-refractivity contribution >= 4 is 50.0 Å². The number of esters is 1. The second-order valence-electron chi connectivity index (χ2n) is 6.98. The molecule has 3 rings (SSSR count). The van der Waals surface area contributed by atoms with Gasteiger partial charge in [-0.05, 0) is 47.7 Å². The maximum Gasteiger partial charge on any atom is 0.339 e. The first kappa shape index (κ1) is 23.4. The van der Waals surface area contributed by atoms with Gasteiger partial charge >= 0.3 is 11.9 Å². The second-order valence-corrected chi connectivity index (χ2v) is 7.89. The van der Waals surface area contributed by atoms with E-state index in [1.54, 1.807) is 19.2 Å². The maximum absolute atomic E-state index is 11.7. The summed E-state index contributed by atoms with van der Waals surface area (Å²) in [5.74, 6) is -1.86. The van der Waals surface area contributed by atoms with Gasteiger partial charge < -0.3 is 25.1 Å². The Morgan fingerprint density at radius 1 is 1.03 bits per heavy atom. The fourth-order valence-corrected chi connectivity index (χ4v) is 3.48. The standard InChI is InChI=1S/C23H23BrN2O6/c1-31-10-11-32-20(27)9-4-14-2-6-17(7-3-14)25-26-21-18-8-5-16(24)12-15(18)13-19(22(21)28)23(29)30/h2-3,5-8,12-13,25-26,28H,4,9-11H2,1H3,(H,29,30). The molecule has 0 saturated carbocycles. The van der Waals surface area contributed by atoms with Crippen LogP contribution in [-0.4, -0.2) is 42.5 Å². The Labute approximate surface area is 193 Å². The second kappa shape index (κ2) is 10.8. The number of halogens is 1. The van der Waals surface area contributed by atoms with Crippen LogP contribution in [0, 0.1) is 0 Å². The number of carboxylic acids is 1. The van der Waals surface area contributed by atoms with Crippen molar-refractivity contribution in [3.8, 4) is 5.75 Å². The maximum atomic E-state index is 11.7. The number of aryl methyl sites for hydroxylation is 1. The third-order valence-electron chi connectivity index (χ3n) is 4.76. The van der Waals surface area contributed by atoms with Gasteiger partial charge in [0.25, 0.3) is 0 Å². The lowest BCUT2D eigenvalue weighted by atomic mass is 10.0. The lowest BCUT2D eigenvalue weighted by molar-refractivity contribution is -0.144. The molecule has 0 atom stereocenters. The number of aromatic hydroxyl groups is 1. The lowest BCUT2D eigenvalue weighted by Gasteiger charge is -2.16. The Bertz CT molecular complexity index is 1120. The molecular weight excluding hydrogens is 480 g/mol. The molecular formula is C23H23BrN2O6. The van der Waals surface area contributed by atoms with Crippen LogP contribution in [0.15, 0.2) is 53.0 Å². The van der Waals surface area contributed by atoms with Crippen LogP contribution in [0.3, 0.4) is 0 Å². The van der Waals surface area contributed by atoms with Gasteiger partial charge in [0.15, 0.2) is 5.75 Å². The van der Waals surface area contributed by atoms with Gasteiger partial charge in [-0.15, -0.1) is 0 Å². The van der Waals surface area contributed by atoms with E-state index in [2.05, 4.69) is 26.8 Å². The number of rotatable bonds is 10. The molecule has 0 aliphatic carbocycles. The van der Waals surface area contributed by atoms with Gasteiger partial charge in [-0.1, -0.05) is 34.1 Å². The van der Waals surface area contributed by atoms with Crippen LogP contribution in [0.4, 0.5) is 11.4 Å². The number of ether oxygens (including phenoxy) is 2. The normalized spacial score (nSPS) is 10.7. The van der Waals surface area contributed by atoms with E-state index in [9.17, 15) is 19.8 Å². The van der Waals surface area contributed by atoms with E-state index >= 15 is 0 Å². The zero-order valence-electron chi connectivity index (χ0n) is 17.4. The number of anilines is 2. The third-order valence-corrected chi connectivity index (χ3v) is 5.25. The van der Waals surface area contributed by atoms with Crippen LogP contribution in [0.25, 0.3) is 10.8 Å². The molecule has 3 aromatic rings. The Balaban J connectivity index is 1.68. The molecule has 0 aliphatic heterocycles. The summed E-state index contributed by atoms with van der Waals surface area (Å²) in [7, 11) is 1.55. The summed E-state index contributed by atoms with van der Waals surface area (Å²) < 4.78 is 10.7. The van der Waals surface area contributed by atoms with Crippen LogP contribution in [0.2, 0.25) is 0 Å². The molecule has 0 aliphatic rings. The Morgan fingerprint density at radius 3 is 2.47 bits per heavy atom. The highest BCUT2D eigenvalue weighted by atomic mass is 79.9. The number of hydrogen-bond acceptors (Lipinski definition) is 7. The predicted octanol–water partition coefficient (Wildman–Crippen LogP) is 4.57. The molecule has 4 N–H and O–H groups in total. The van der Waals surface area contributed by atoms with Crippen molar-refractivity contribution in [2.75, 3.05) is 31.2 Å². The average molecular weight is 503 g/mol. The quantitative estimate of drug-likeness (QED) is 0.138. The van der Waals surface area contributed by atoms with Gasteiger partial charge in [0.05, 0.1) is 12.3 Å². The van der Waals surface area contributed by atoms with E-state index in [1.807, 2.05) is 30.3 Å². The molecule has 9 heteroatoms. The van der Waals surface area contributed by atoms with Gasteiger partial charge in [-0.2, -0.15) is 0 Å². The summed E-state index contributed by atoms with van der Waals surface area (Å²) >= 11 is 3.38.